The van der Waals surface area contributed by atoms with Crippen molar-refractivity contribution in [3.63, 3.8) is 0 Å². The fourth-order valence-electron chi connectivity index (χ4n) is 1.54. The second-order valence-corrected chi connectivity index (χ2v) is 4.90. The number of nitrogens with zero attached hydrogens (tertiary/aromatic N) is 3. The number of rotatable bonds is 3. The highest BCUT2D eigenvalue weighted by molar-refractivity contribution is 6.42. The third-order valence-corrected chi connectivity index (χ3v) is 3.26. The predicted octanol–water partition coefficient (Wildman–Crippen LogP) is 4.45. The lowest BCUT2D eigenvalue weighted by Gasteiger charge is -2.07. The summed E-state index contributed by atoms with van der Waals surface area (Å²) in [7, 11) is 1.20. The molecule has 0 N–H and O–H groups in total. The van der Waals surface area contributed by atoms with Crippen LogP contribution in [0, 0.1) is 10.1 Å². The molecule has 1 heterocycles. The van der Waals surface area contributed by atoms with Crippen LogP contribution in [0.5, 0.6) is 11.6 Å². The lowest BCUT2D eigenvalue weighted by Crippen LogP contribution is -2.06. The summed E-state index contributed by atoms with van der Waals surface area (Å²) in [5.41, 5.74) is -1.73. The van der Waals surface area contributed by atoms with Gasteiger partial charge >= 0.3 is 11.9 Å². The first kappa shape index (κ1) is 16.4. The van der Waals surface area contributed by atoms with Crippen LogP contribution in [0.3, 0.4) is 0 Å². The fourth-order valence-corrected chi connectivity index (χ4v) is 1.85. The first-order valence-corrected chi connectivity index (χ1v) is 6.27. The highest BCUT2D eigenvalue weighted by atomic mass is 35.5. The zero-order chi connectivity index (χ0) is 16.7. The number of benzene rings is 1. The van der Waals surface area contributed by atoms with Gasteiger partial charge in [-0.05, 0) is 0 Å². The fraction of sp³-hybridized carbons (Fsp3) is 0.182. The van der Waals surface area contributed by atoms with Gasteiger partial charge in [0.15, 0.2) is 5.69 Å². The second kappa shape index (κ2) is 5.65. The SMILES string of the molecule is Cn1nc(C(F)(F)F)cc1Oc1cc(Cl)c(Cl)cc1[N+](=O)[O-]. The summed E-state index contributed by atoms with van der Waals surface area (Å²) in [6.07, 6.45) is -4.66. The molecule has 0 saturated heterocycles. The maximum Gasteiger partial charge on any atom is 0.435 e. The number of nitro groups is 1. The third kappa shape index (κ3) is 3.25. The molecular formula is C11H6Cl2F3N3O3. The van der Waals surface area contributed by atoms with Gasteiger partial charge in [-0.15, -0.1) is 0 Å². The number of ether oxygens (including phenoxy) is 1. The molecule has 0 aliphatic rings. The summed E-state index contributed by atoms with van der Waals surface area (Å²) in [4.78, 5) is 10.2. The van der Waals surface area contributed by atoms with Crippen LogP contribution in [0.1, 0.15) is 5.69 Å². The summed E-state index contributed by atoms with van der Waals surface area (Å²) in [6.45, 7) is 0. The van der Waals surface area contributed by atoms with Crippen molar-refractivity contribution in [3.05, 3.63) is 44.1 Å². The number of nitro benzene ring substituents is 1. The Kier molecular flexibility index (Phi) is 4.21. The highest BCUT2D eigenvalue weighted by Gasteiger charge is 2.35. The van der Waals surface area contributed by atoms with Crippen molar-refractivity contribution >= 4 is 28.9 Å². The zero-order valence-electron chi connectivity index (χ0n) is 10.7. The molecule has 0 atom stereocenters. The molecule has 118 valence electrons. The van der Waals surface area contributed by atoms with Gasteiger partial charge in [-0.1, -0.05) is 23.2 Å². The normalized spacial score (nSPS) is 11.5. The molecule has 1 aromatic heterocycles. The van der Waals surface area contributed by atoms with Gasteiger partial charge in [0.1, 0.15) is 0 Å². The topological polar surface area (TPSA) is 70.2 Å². The first-order valence-electron chi connectivity index (χ1n) is 5.52. The largest absolute Gasteiger partial charge is 0.435 e. The zero-order valence-corrected chi connectivity index (χ0v) is 12.2. The van der Waals surface area contributed by atoms with Gasteiger partial charge in [0.05, 0.1) is 15.0 Å². The van der Waals surface area contributed by atoms with E-state index < -0.39 is 22.5 Å². The van der Waals surface area contributed by atoms with Crippen molar-refractivity contribution in [2.45, 2.75) is 6.18 Å². The van der Waals surface area contributed by atoms with Crippen LogP contribution in [0.25, 0.3) is 0 Å². The van der Waals surface area contributed by atoms with E-state index in [9.17, 15) is 23.3 Å². The summed E-state index contributed by atoms with van der Waals surface area (Å²) >= 11 is 11.4. The molecular weight excluding hydrogens is 350 g/mol. The van der Waals surface area contributed by atoms with E-state index in [1.807, 2.05) is 0 Å². The standard InChI is InChI=1S/C11H6Cl2F3N3O3/c1-18-10(4-9(17-18)11(14,15)16)22-8-3-6(13)5(12)2-7(8)19(20)21/h2-4H,1H3. The highest BCUT2D eigenvalue weighted by Crippen LogP contribution is 2.39. The predicted molar refractivity (Wildman–Crippen MR) is 71.4 cm³/mol. The van der Waals surface area contributed by atoms with Gasteiger partial charge in [-0.2, -0.15) is 18.3 Å². The molecule has 0 fully saturated rings. The van der Waals surface area contributed by atoms with Gasteiger partial charge < -0.3 is 4.74 Å². The minimum absolute atomic E-state index is 0.0412. The second-order valence-electron chi connectivity index (χ2n) is 4.08. The summed E-state index contributed by atoms with van der Waals surface area (Å²) in [5.74, 6) is -0.690. The average molecular weight is 356 g/mol. The monoisotopic (exact) mass is 355 g/mol. The van der Waals surface area contributed by atoms with Crippen molar-refractivity contribution in [2.75, 3.05) is 0 Å². The smallest absolute Gasteiger partial charge is 0.432 e. The van der Waals surface area contributed by atoms with E-state index in [1.165, 1.54) is 7.05 Å². The van der Waals surface area contributed by atoms with Gasteiger partial charge in [0, 0.05) is 25.2 Å². The van der Waals surface area contributed by atoms with Crippen LogP contribution in [-0.2, 0) is 13.2 Å². The molecule has 0 amide bonds. The quantitative estimate of drug-likeness (QED) is 0.602. The van der Waals surface area contributed by atoms with E-state index in [4.69, 9.17) is 27.9 Å². The minimum atomic E-state index is -4.66. The molecule has 0 bridgehead atoms. The van der Waals surface area contributed by atoms with Crippen molar-refractivity contribution in [3.8, 4) is 11.6 Å². The van der Waals surface area contributed by atoms with Crippen molar-refractivity contribution in [1.29, 1.82) is 0 Å². The van der Waals surface area contributed by atoms with E-state index in [2.05, 4.69) is 5.10 Å². The average Bonchev–Trinajstić information content (AvgIpc) is 2.75. The summed E-state index contributed by atoms with van der Waals surface area (Å²) in [6, 6.07) is 2.61. The van der Waals surface area contributed by atoms with Gasteiger partial charge in [-0.3, -0.25) is 10.1 Å². The Morgan fingerprint density at radius 1 is 1.27 bits per heavy atom. The molecule has 0 unspecified atom stereocenters. The van der Waals surface area contributed by atoms with Gasteiger partial charge in [0.25, 0.3) is 0 Å². The Balaban J connectivity index is 2.45. The van der Waals surface area contributed by atoms with Gasteiger partial charge in [0.2, 0.25) is 11.6 Å². The first-order chi connectivity index (χ1) is 10.1. The number of aryl methyl sites for hydroxylation is 1. The molecule has 0 saturated carbocycles. The number of halogens is 5. The third-order valence-electron chi connectivity index (χ3n) is 2.54. The maximum absolute atomic E-state index is 12.6. The molecule has 0 aliphatic carbocycles. The number of hydrogen-bond acceptors (Lipinski definition) is 4. The van der Waals surface area contributed by atoms with Crippen LogP contribution >= 0.6 is 23.2 Å². The maximum atomic E-state index is 12.6. The van der Waals surface area contributed by atoms with E-state index >= 15 is 0 Å². The molecule has 22 heavy (non-hydrogen) atoms. The lowest BCUT2D eigenvalue weighted by molar-refractivity contribution is -0.385. The van der Waals surface area contributed by atoms with Crippen molar-refractivity contribution < 1.29 is 22.8 Å². The van der Waals surface area contributed by atoms with Crippen LogP contribution in [0.4, 0.5) is 18.9 Å². The number of aromatic nitrogens is 2. The van der Waals surface area contributed by atoms with E-state index in [0.29, 0.717) is 6.07 Å². The van der Waals surface area contributed by atoms with Crippen molar-refractivity contribution in [1.82, 2.24) is 9.78 Å². The summed E-state index contributed by atoms with van der Waals surface area (Å²) in [5, 5.41) is 14.1. The molecule has 6 nitrogen and oxygen atoms in total. The number of hydrogen-bond donors (Lipinski definition) is 0. The van der Waals surface area contributed by atoms with Gasteiger partial charge in [-0.25, -0.2) is 4.68 Å². The number of alkyl halides is 3. The molecule has 0 radical (unpaired) electrons. The van der Waals surface area contributed by atoms with Crippen LogP contribution in [0.15, 0.2) is 18.2 Å². The molecule has 2 rings (SSSR count). The molecule has 0 spiro atoms. The Morgan fingerprint density at radius 3 is 2.36 bits per heavy atom. The van der Waals surface area contributed by atoms with Crippen LogP contribution in [0.2, 0.25) is 10.0 Å². The van der Waals surface area contributed by atoms with Crippen LogP contribution < -0.4 is 4.74 Å². The Labute approximate surface area is 131 Å². The Bertz CT molecular complexity index is 746. The Hall–Kier alpha value is -2.00. The summed E-state index contributed by atoms with van der Waals surface area (Å²) < 4.78 is 43.6. The van der Waals surface area contributed by atoms with Crippen LogP contribution in [-0.4, -0.2) is 14.7 Å². The Morgan fingerprint density at radius 2 is 1.86 bits per heavy atom. The van der Waals surface area contributed by atoms with E-state index in [-0.39, 0.29) is 21.7 Å². The van der Waals surface area contributed by atoms with E-state index in [1.54, 1.807) is 0 Å². The lowest BCUT2D eigenvalue weighted by atomic mass is 10.3. The minimum Gasteiger partial charge on any atom is -0.432 e. The molecule has 2 aromatic rings. The van der Waals surface area contributed by atoms with E-state index in [0.717, 1.165) is 16.8 Å². The molecule has 1 aromatic carbocycles. The molecule has 0 aliphatic heterocycles. The molecule has 11 heteroatoms. The van der Waals surface area contributed by atoms with Crippen molar-refractivity contribution in [2.24, 2.45) is 7.05 Å².